The maximum absolute atomic E-state index is 3.07. The highest BCUT2D eigenvalue weighted by Gasteiger charge is 1.95. The molecule has 1 heteroatoms. The van der Waals surface area contributed by atoms with Gasteiger partial charge in [0.2, 0.25) is 0 Å². The number of fused-ring (bicyclic) bond motifs is 1. The van der Waals surface area contributed by atoms with Crippen LogP contribution in [0.25, 0.3) is 12.2 Å². The maximum atomic E-state index is 3.07. The van der Waals surface area contributed by atoms with Crippen LogP contribution in [0.5, 0.6) is 0 Å². The van der Waals surface area contributed by atoms with E-state index in [1.807, 2.05) is 36.7 Å². The first-order valence-corrected chi connectivity index (χ1v) is 3.65. The summed E-state index contributed by atoms with van der Waals surface area (Å²) >= 11 is 0. The van der Waals surface area contributed by atoms with Crippen molar-refractivity contribution in [3.63, 3.8) is 0 Å². The SMILES string of the molecule is C1=C/C=C\c2c[nH]cc2C=C1. The minimum absolute atomic E-state index is 1.24. The summed E-state index contributed by atoms with van der Waals surface area (Å²) in [5.74, 6) is 0. The number of rotatable bonds is 0. The van der Waals surface area contributed by atoms with E-state index in [0.717, 1.165) is 0 Å². The van der Waals surface area contributed by atoms with Gasteiger partial charge in [-0.05, 0) is 11.1 Å². The fourth-order valence-corrected chi connectivity index (χ4v) is 1.12. The molecule has 0 amide bonds. The van der Waals surface area contributed by atoms with Gasteiger partial charge >= 0.3 is 0 Å². The third-order valence-corrected chi connectivity index (χ3v) is 1.70. The second-order valence-electron chi connectivity index (χ2n) is 2.47. The molecule has 1 aliphatic rings. The van der Waals surface area contributed by atoms with Crippen LogP contribution in [0.4, 0.5) is 0 Å². The highest BCUT2D eigenvalue weighted by atomic mass is 14.6. The van der Waals surface area contributed by atoms with Crippen LogP contribution in [0.3, 0.4) is 0 Å². The molecule has 0 aliphatic heterocycles. The quantitative estimate of drug-likeness (QED) is 0.574. The molecule has 54 valence electrons. The van der Waals surface area contributed by atoms with E-state index in [-0.39, 0.29) is 0 Å². The summed E-state index contributed by atoms with van der Waals surface area (Å²) < 4.78 is 0. The molecule has 0 unspecified atom stereocenters. The van der Waals surface area contributed by atoms with E-state index in [1.54, 1.807) is 0 Å². The zero-order valence-corrected chi connectivity index (χ0v) is 6.12. The van der Waals surface area contributed by atoms with Gasteiger partial charge in [-0.15, -0.1) is 0 Å². The largest absolute Gasteiger partial charge is 0.366 e. The van der Waals surface area contributed by atoms with Crippen LogP contribution in [0.2, 0.25) is 0 Å². The number of aromatic amines is 1. The van der Waals surface area contributed by atoms with Gasteiger partial charge in [0.05, 0.1) is 0 Å². The maximum Gasteiger partial charge on any atom is 0.00843 e. The summed E-state index contributed by atoms with van der Waals surface area (Å²) in [6, 6.07) is 0. The van der Waals surface area contributed by atoms with Crippen LogP contribution in [-0.4, -0.2) is 4.98 Å². The number of hydrogen-bond acceptors (Lipinski definition) is 0. The lowest BCUT2D eigenvalue weighted by Gasteiger charge is -1.91. The lowest BCUT2D eigenvalue weighted by Crippen LogP contribution is -1.71. The molecule has 1 aliphatic carbocycles. The lowest BCUT2D eigenvalue weighted by molar-refractivity contribution is 1.41. The summed E-state index contributed by atoms with van der Waals surface area (Å²) in [4.78, 5) is 3.07. The monoisotopic (exact) mass is 143 g/mol. The molecular weight excluding hydrogens is 134 g/mol. The van der Waals surface area contributed by atoms with Crippen LogP contribution in [-0.2, 0) is 0 Å². The third kappa shape index (κ3) is 1.17. The Morgan fingerprint density at radius 3 is 1.82 bits per heavy atom. The van der Waals surface area contributed by atoms with Gasteiger partial charge in [0.15, 0.2) is 0 Å². The Morgan fingerprint density at radius 2 is 1.27 bits per heavy atom. The molecule has 1 heterocycles. The van der Waals surface area contributed by atoms with Gasteiger partial charge in [0.1, 0.15) is 0 Å². The van der Waals surface area contributed by atoms with Crippen LogP contribution in [0.1, 0.15) is 11.1 Å². The highest BCUT2D eigenvalue weighted by Crippen LogP contribution is 2.13. The average molecular weight is 143 g/mol. The number of allylic oxidation sites excluding steroid dienone is 4. The van der Waals surface area contributed by atoms with E-state index in [0.29, 0.717) is 0 Å². The third-order valence-electron chi connectivity index (χ3n) is 1.70. The first kappa shape index (κ1) is 6.23. The lowest BCUT2D eigenvalue weighted by atomic mass is 10.1. The van der Waals surface area contributed by atoms with Crippen molar-refractivity contribution >= 4 is 12.2 Å². The van der Waals surface area contributed by atoms with Crippen LogP contribution in [0, 0.1) is 0 Å². The summed E-state index contributed by atoms with van der Waals surface area (Å²) in [5.41, 5.74) is 2.48. The van der Waals surface area contributed by atoms with E-state index in [9.17, 15) is 0 Å². The minimum Gasteiger partial charge on any atom is -0.366 e. The Morgan fingerprint density at radius 1 is 0.727 bits per heavy atom. The fourth-order valence-electron chi connectivity index (χ4n) is 1.12. The molecule has 0 saturated carbocycles. The van der Waals surface area contributed by atoms with Crippen LogP contribution in [0.15, 0.2) is 36.7 Å². The van der Waals surface area contributed by atoms with Crippen molar-refractivity contribution in [2.75, 3.05) is 0 Å². The summed E-state index contributed by atoms with van der Waals surface area (Å²) in [5, 5.41) is 0. The van der Waals surface area contributed by atoms with Gasteiger partial charge in [-0.3, -0.25) is 0 Å². The Balaban J connectivity index is 2.52. The zero-order valence-electron chi connectivity index (χ0n) is 6.12. The molecule has 1 aromatic heterocycles. The number of H-pyrrole nitrogens is 1. The Hall–Kier alpha value is -1.50. The molecule has 0 aromatic carbocycles. The fraction of sp³-hybridized carbons (Fsp3) is 0. The normalized spacial score (nSPS) is 17.1. The topological polar surface area (TPSA) is 15.8 Å². The Labute approximate surface area is 65.8 Å². The van der Waals surface area contributed by atoms with E-state index in [2.05, 4.69) is 17.1 Å². The van der Waals surface area contributed by atoms with Crippen molar-refractivity contribution in [3.8, 4) is 0 Å². The predicted octanol–water partition coefficient (Wildman–Crippen LogP) is 2.61. The Bertz CT molecular complexity index is 296. The van der Waals surface area contributed by atoms with Crippen molar-refractivity contribution in [3.05, 3.63) is 47.8 Å². The first-order chi connectivity index (χ1) is 5.47. The predicted molar refractivity (Wildman–Crippen MR) is 48.0 cm³/mol. The summed E-state index contributed by atoms with van der Waals surface area (Å²) in [7, 11) is 0. The number of aromatic nitrogens is 1. The number of nitrogens with one attached hydrogen (secondary N) is 1. The molecular formula is C10H9N. The molecule has 1 N–H and O–H groups in total. The van der Waals surface area contributed by atoms with Gasteiger partial charge in [0, 0.05) is 12.4 Å². The Kier molecular flexibility index (Phi) is 1.48. The van der Waals surface area contributed by atoms with Crippen LogP contribution < -0.4 is 0 Å². The van der Waals surface area contributed by atoms with Gasteiger partial charge in [-0.25, -0.2) is 0 Å². The van der Waals surface area contributed by atoms with Gasteiger partial charge in [-0.2, -0.15) is 0 Å². The zero-order chi connectivity index (χ0) is 7.52. The molecule has 0 spiro atoms. The smallest absolute Gasteiger partial charge is 0.00843 e. The molecule has 0 radical (unpaired) electrons. The van der Waals surface area contributed by atoms with Gasteiger partial charge in [-0.1, -0.05) is 36.5 Å². The first-order valence-electron chi connectivity index (χ1n) is 3.65. The van der Waals surface area contributed by atoms with Gasteiger partial charge < -0.3 is 4.98 Å². The van der Waals surface area contributed by atoms with E-state index < -0.39 is 0 Å². The number of hydrogen-bond donors (Lipinski definition) is 1. The van der Waals surface area contributed by atoms with E-state index >= 15 is 0 Å². The molecule has 0 saturated heterocycles. The molecule has 2 rings (SSSR count). The minimum atomic E-state index is 1.24. The van der Waals surface area contributed by atoms with Crippen molar-refractivity contribution < 1.29 is 0 Å². The molecule has 1 aromatic rings. The van der Waals surface area contributed by atoms with Crippen LogP contribution >= 0.6 is 0 Å². The van der Waals surface area contributed by atoms with Crippen molar-refractivity contribution in [1.82, 2.24) is 4.98 Å². The van der Waals surface area contributed by atoms with Crippen molar-refractivity contribution in [1.29, 1.82) is 0 Å². The van der Waals surface area contributed by atoms with Crippen molar-refractivity contribution in [2.45, 2.75) is 0 Å². The van der Waals surface area contributed by atoms with Crippen molar-refractivity contribution in [2.24, 2.45) is 0 Å². The standard InChI is InChI=1S/C10H9N/c1-2-4-6-10-8-11-7-9(10)5-3-1/h1-8,11H/b2-1?,5-3-,6-4?. The van der Waals surface area contributed by atoms with E-state index in [1.165, 1.54) is 11.1 Å². The molecule has 0 bridgehead atoms. The second-order valence-corrected chi connectivity index (χ2v) is 2.47. The highest BCUT2D eigenvalue weighted by molar-refractivity contribution is 5.67. The summed E-state index contributed by atoms with van der Waals surface area (Å²) in [6.07, 6.45) is 16.3. The second kappa shape index (κ2) is 2.62. The molecule has 0 fully saturated rings. The summed E-state index contributed by atoms with van der Waals surface area (Å²) in [6.45, 7) is 0. The average Bonchev–Trinajstić information content (AvgIpc) is 2.35. The molecule has 11 heavy (non-hydrogen) atoms. The van der Waals surface area contributed by atoms with Gasteiger partial charge in [0.25, 0.3) is 0 Å². The molecule has 0 atom stereocenters. The van der Waals surface area contributed by atoms with E-state index in [4.69, 9.17) is 0 Å². The molecule has 1 nitrogen and oxygen atoms in total.